The molecule has 1 unspecified atom stereocenters. The third-order valence-electron chi connectivity index (χ3n) is 3.92. The van der Waals surface area contributed by atoms with Crippen molar-refractivity contribution in [2.75, 3.05) is 19.8 Å². The Kier molecular flexibility index (Phi) is 8.27. The van der Waals surface area contributed by atoms with Gasteiger partial charge < -0.3 is 9.47 Å². The Morgan fingerprint density at radius 1 is 1.29 bits per heavy atom. The molecule has 1 fully saturated rings. The van der Waals surface area contributed by atoms with Crippen LogP contribution in [0.1, 0.15) is 66.2 Å². The molecule has 0 amide bonds. The molecule has 0 spiro atoms. The first-order chi connectivity index (χ1) is 9.98. The number of hydrogen-bond acceptors (Lipinski definition) is 4. The topological polar surface area (TPSA) is 47.6 Å². The van der Waals surface area contributed by atoms with Crippen LogP contribution < -0.4 is 5.32 Å². The van der Waals surface area contributed by atoms with Gasteiger partial charge in [0.05, 0.1) is 6.61 Å². The molecule has 124 valence electrons. The second kappa shape index (κ2) is 9.42. The van der Waals surface area contributed by atoms with Gasteiger partial charge in [-0.15, -0.1) is 0 Å². The maximum absolute atomic E-state index is 12.1. The van der Waals surface area contributed by atoms with Gasteiger partial charge in [-0.1, -0.05) is 12.8 Å². The average Bonchev–Trinajstić information content (AvgIpc) is 3.21. The van der Waals surface area contributed by atoms with Gasteiger partial charge in [0.2, 0.25) is 0 Å². The third-order valence-corrected chi connectivity index (χ3v) is 3.92. The van der Waals surface area contributed by atoms with E-state index in [1.165, 1.54) is 19.3 Å². The molecule has 1 saturated carbocycles. The van der Waals surface area contributed by atoms with Gasteiger partial charge in [-0.25, -0.2) is 0 Å². The Morgan fingerprint density at radius 2 is 2.00 bits per heavy atom. The van der Waals surface area contributed by atoms with Crippen LogP contribution in [0.15, 0.2) is 0 Å². The summed E-state index contributed by atoms with van der Waals surface area (Å²) in [5, 5.41) is 3.35. The summed E-state index contributed by atoms with van der Waals surface area (Å²) in [7, 11) is 0. The van der Waals surface area contributed by atoms with Crippen molar-refractivity contribution in [3.63, 3.8) is 0 Å². The predicted molar refractivity (Wildman–Crippen MR) is 85.3 cm³/mol. The largest absolute Gasteiger partial charge is 0.465 e. The number of hydrogen-bond donors (Lipinski definition) is 1. The molecular weight excluding hydrogens is 266 g/mol. The van der Waals surface area contributed by atoms with Gasteiger partial charge in [-0.05, 0) is 59.3 Å². The molecule has 0 heterocycles. The van der Waals surface area contributed by atoms with E-state index in [2.05, 4.69) is 19.2 Å². The van der Waals surface area contributed by atoms with E-state index in [4.69, 9.17) is 9.47 Å². The van der Waals surface area contributed by atoms with E-state index >= 15 is 0 Å². The highest BCUT2D eigenvalue weighted by molar-refractivity contribution is 5.80. The molecule has 1 aliphatic carbocycles. The Bertz CT molecular complexity index is 302. The highest BCUT2D eigenvalue weighted by Crippen LogP contribution is 2.32. The van der Waals surface area contributed by atoms with E-state index in [0.29, 0.717) is 6.61 Å². The molecule has 0 saturated heterocycles. The first-order valence-electron chi connectivity index (χ1n) is 8.50. The van der Waals surface area contributed by atoms with Crippen LogP contribution in [0.2, 0.25) is 0 Å². The van der Waals surface area contributed by atoms with Gasteiger partial charge in [0, 0.05) is 19.3 Å². The van der Waals surface area contributed by atoms with Crippen LogP contribution in [0.3, 0.4) is 0 Å². The molecule has 0 radical (unpaired) electrons. The van der Waals surface area contributed by atoms with Gasteiger partial charge in [-0.3, -0.25) is 10.1 Å². The fraction of sp³-hybridized carbons (Fsp3) is 0.941. The van der Waals surface area contributed by atoms with Crippen LogP contribution in [-0.4, -0.2) is 37.4 Å². The molecule has 0 aromatic rings. The summed E-state index contributed by atoms with van der Waals surface area (Å²) in [5.74, 6) is 0.792. The van der Waals surface area contributed by atoms with E-state index in [-0.39, 0.29) is 12.0 Å². The summed E-state index contributed by atoms with van der Waals surface area (Å²) in [4.78, 5) is 12.1. The minimum atomic E-state index is -0.585. The third kappa shape index (κ3) is 7.82. The minimum absolute atomic E-state index is 0.145. The molecule has 4 heteroatoms. The summed E-state index contributed by atoms with van der Waals surface area (Å²) in [5.41, 5.74) is -0.585. The van der Waals surface area contributed by atoms with E-state index < -0.39 is 5.54 Å². The van der Waals surface area contributed by atoms with Crippen molar-refractivity contribution in [2.24, 2.45) is 5.92 Å². The predicted octanol–water partition coefficient (Wildman–Crippen LogP) is 3.29. The van der Waals surface area contributed by atoms with Crippen LogP contribution in [-0.2, 0) is 14.3 Å². The fourth-order valence-electron chi connectivity index (χ4n) is 2.60. The van der Waals surface area contributed by atoms with Crippen molar-refractivity contribution in [1.29, 1.82) is 0 Å². The zero-order valence-corrected chi connectivity index (χ0v) is 14.2. The molecule has 21 heavy (non-hydrogen) atoms. The number of rotatable bonds is 12. The lowest BCUT2D eigenvalue weighted by atomic mass is 9.94. The molecule has 1 atom stereocenters. The van der Waals surface area contributed by atoms with E-state index in [9.17, 15) is 4.79 Å². The van der Waals surface area contributed by atoms with Crippen molar-refractivity contribution in [2.45, 2.75) is 77.8 Å². The zero-order chi connectivity index (χ0) is 15.7. The Balaban J connectivity index is 2.19. The van der Waals surface area contributed by atoms with Gasteiger partial charge in [0.25, 0.3) is 0 Å². The van der Waals surface area contributed by atoms with Crippen LogP contribution in [0, 0.1) is 5.92 Å². The summed E-state index contributed by atoms with van der Waals surface area (Å²) < 4.78 is 10.9. The van der Waals surface area contributed by atoms with Crippen molar-refractivity contribution < 1.29 is 14.3 Å². The number of unbranched alkanes of at least 4 members (excludes halogenated alkanes) is 1. The van der Waals surface area contributed by atoms with E-state index in [1.807, 2.05) is 13.8 Å². The molecule has 0 aliphatic heterocycles. The molecule has 0 aromatic carbocycles. The fourth-order valence-corrected chi connectivity index (χ4v) is 2.60. The normalized spacial score (nSPS) is 17.8. The van der Waals surface area contributed by atoms with Crippen molar-refractivity contribution >= 4 is 5.97 Å². The Morgan fingerprint density at radius 3 is 2.57 bits per heavy atom. The second-order valence-corrected chi connectivity index (χ2v) is 6.65. The minimum Gasteiger partial charge on any atom is -0.465 e. The van der Waals surface area contributed by atoms with Crippen LogP contribution in [0.25, 0.3) is 0 Å². The summed E-state index contributed by atoms with van der Waals surface area (Å²) >= 11 is 0. The van der Waals surface area contributed by atoms with E-state index in [0.717, 1.165) is 38.4 Å². The quantitative estimate of drug-likeness (QED) is 0.444. The van der Waals surface area contributed by atoms with Gasteiger partial charge in [0.15, 0.2) is 0 Å². The number of carbonyl (C=O) groups excluding carboxylic acids is 1. The first kappa shape index (κ1) is 18.4. The van der Waals surface area contributed by atoms with Crippen LogP contribution in [0.4, 0.5) is 0 Å². The molecule has 1 rings (SSSR count). The monoisotopic (exact) mass is 299 g/mol. The number of carbonyl (C=O) groups is 1. The molecule has 1 aliphatic rings. The number of nitrogens with one attached hydrogen (secondary N) is 1. The van der Waals surface area contributed by atoms with Crippen LogP contribution in [0.5, 0.6) is 0 Å². The lowest BCUT2D eigenvalue weighted by Gasteiger charge is -2.30. The zero-order valence-electron chi connectivity index (χ0n) is 14.2. The van der Waals surface area contributed by atoms with Gasteiger partial charge in [-0.2, -0.15) is 0 Å². The number of esters is 1. The summed E-state index contributed by atoms with van der Waals surface area (Å²) in [6.45, 7) is 10.0. The molecule has 0 bridgehead atoms. The van der Waals surface area contributed by atoms with Crippen molar-refractivity contribution in [1.82, 2.24) is 5.32 Å². The lowest BCUT2D eigenvalue weighted by molar-refractivity contribution is -0.151. The second-order valence-electron chi connectivity index (χ2n) is 6.65. The average molecular weight is 299 g/mol. The molecule has 4 nitrogen and oxygen atoms in total. The standard InChI is InChI=1S/C17H33NO3/c1-5-21-16(19)17(4,18-14(2)3)11-6-7-12-20-13-10-15-8-9-15/h14-15,18H,5-13H2,1-4H3. The molecule has 1 N–H and O–H groups in total. The van der Waals surface area contributed by atoms with Crippen molar-refractivity contribution in [3.8, 4) is 0 Å². The van der Waals surface area contributed by atoms with Gasteiger partial charge >= 0.3 is 5.97 Å². The summed E-state index contributed by atoms with van der Waals surface area (Å²) in [6.07, 6.45) is 6.76. The Hall–Kier alpha value is -0.610. The lowest BCUT2D eigenvalue weighted by Crippen LogP contribution is -2.53. The maximum atomic E-state index is 12.1. The van der Waals surface area contributed by atoms with E-state index in [1.54, 1.807) is 0 Å². The Labute approximate surface area is 130 Å². The van der Waals surface area contributed by atoms with Crippen LogP contribution >= 0.6 is 0 Å². The first-order valence-corrected chi connectivity index (χ1v) is 8.50. The van der Waals surface area contributed by atoms with Crippen molar-refractivity contribution in [3.05, 3.63) is 0 Å². The SMILES string of the molecule is CCOC(=O)C(C)(CCCCOCCC1CC1)NC(C)C. The summed E-state index contributed by atoms with van der Waals surface area (Å²) in [6, 6.07) is 0.259. The molecular formula is C17H33NO3. The molecule has 0 aromatic heterocycles. The van der Waals surface area contributed by atoms with Gasteiger partial charge in [0.1, 0.15) is 5.54 Å². The number of ether oxygens (including phenoxy) is 2. The highest BCUT2D eigenvalue weighted by Gasteiger charge is 2.34. The maximum Gasteiger partial charge on any atom is 0.326 e. The smallest absolute Gasteiger partial charge is 0.326 e. The highest BCUT2D eigenvalue weighted by atomic mass is 16.5.